The van der Waals surface area contributed by atoms with Gasteiger partial charge in [0.25, 0.3) is 5.89 Å². The molecule has 1 aromatic carbocycles. The normalized spacial score (nSPS) is 11.2. The maximum absolute atomic E-state index is 12.8. The van der Waals surface area contributed by atoms with E-state index in [9.17, 15) is 9.59 Å². The number of amides is 1. The van der Waals surface area contributed by atoms with Gasteiger partial charge >= 0.3 is 5.69 Å². The van der Waals surface area contributed by atoms with E-state index < -0.39 is 0 Å². The van der Waals surface area contributed by atoms with E-state index in [4.69, 9.17) is 4.52 Å². The van der Waals surface area contributed by atoms with E-state index in [1.807, 2.05) is 44.2 Å². The molecule has 0 saturated carbocycles. The highest BCUT2D eigenvalue weighted by Gasteiger charge is 2.20. The second-order valence-electron chi connectivity index (χ2n) is 7.23. The summed E-state index contributed by atoms with van der Waals surface area (Å²) in [5.41, 5.74) is 1.33. The monoisotopic (exact) mass is 420 g/mol. The minimum atomic E-state index is -0.388. The van der Waals surface area contributed by atoms with Gasteiger partial charge in [-0.2, -0.15) is 4.98 Å². The lowest BCUT2D eigenvalue weighted by Gasteiger charge is -2.20. The highest BCUT2D eigenvalue weighted by molar-refractivity contribution is 5.76. The molecule has 3 heterocycles. The van der Waals surface area contributed by atoms with E-state index in [0.29, 0.717) is 30.1 Å². The van der Waals surface area contributed by atoms with Gasteiger partial charge in [-0.3, -0.25) is 4.79 Å². The first-order valence-electron chi connectivity index (χ1n) is 10.4. The minimum absolute atomic E-state index is 0.112. The number of hydrogen-bond donors (Lipinski definition) is 0. The van der Waals surface area contributed by atoms with Gasteiger partial charge in [0.05, 0.1) is 5.56 Å². The second-order valence-corrected chi connectivity index (χ2v) is 7.23. The minimum Gasteiger partial charge on any atom is -0.341 e. The van der Waals surface area contributed by atoms with Crippen LogP contribution in [0.15, 0.2) is 58.0 Å². The van der Waals surface area contributed by atoms with Gasteiger partial charge in [0.2, 0.25) is 11.7 Å². The molecule has 160 valence electrons. The molecule has 0 atom stereocenters. The van der Waals surface area contributed by atoms with Gasteiger partial charge in [-0.15, -0.1) is 5.10 Å². The number of carbonyl (C=O) groups is 1. The lowest BCUT2D eigenvalue weighted by Crippen LogP contribution is -2.37. The van der Waals surface area contributed by atoms with Crippen molar-refractivity contribution in [3.8, 4) is 22.8 Å². The topological polar surface area (TPSA) is 98.5 Å². The molecule has 0 bridgehead atoms. The first kappa shape index (κ1) is 20.5. The van der Waals surface area contributed by atoms with Crippen LogP contribution in [0.2, 0.25) is 0 Å². The van der Waals surface area contributed by atoms with Crippen molar-refractivity contribution in [1.82, 2.24) is 29.2 Å². The molecule has 0 aliphatic rings. The highest BCUT2D eigenvalue weighted by atomic mass is 16.5. The molecule has 3 aromatic heterocycles. The average molecular weight is 420 g/mol. The Balaban J connectivity index is 1.68. The van der Waals surface area contributed by atoms with Gasteiger partial charge in [-0.05, 0) is 25.0 Å². The summed E-state index contributed by atoms with van der Waals surface area (Å²) < 4.78 is 8.02. The molecule has 31 heavy (non-hydrogen) atoms. The fourth-order valence-electron chi connectivity index (χ4n) is 3.47. The Hall–Kier alpha value is -3.75. The summed E-state index contributed by atoms with van der Waals surface area (Å²) in [5.74, 6) is 0.579. The molecule has 0 radical (unpaired) electrons. The number of hydrogen-bond acceptors (Lipinski definition) is 6. The van der Waals surface area contributed by atoms with Crippen LogP contribution in [-0.2, 0) is 11.3 Å². The summed E-state index contributed by atoms with van der Waals surface area (Å²) >= 11 is 0. The summed E-state index contributed by atoms with van der Waals surface area (Å²) in [7, 11) is 0. The Morgan fingerprint density at radius 2 is 1.81 bits per heavy atom. The number of rotatable bonds is 8. The molecule has 0 unspecified atom stereocenters. The van der Waals surface area contributed by atoms with Crippen LogP contribution in [0.25, 0.3) is 28.5 Å². The first-order valence-corrected chi connectivity index (χ1v) is 10.4. The molecular formula is C22H24N6O3. The molecule has 9 nitrogen and oxygen atoms in total. The predicted molar refractivity (Wildman–Crippen MR) is 115 cm³/mol. The van der Waals surface area contributed by atoms with Gasteiger partial charge in [-0.1, -0.05) is 49.3 Å². The summed E-state index contributed by atoms with van der Waals surface area (Å²) in [6.07, 6.45) is 3.33. The van der Waals surface area contributed by atoms with Crippen LogP contribution in [0.5, 0.6) is 0 Å². The quantitative estimate of drug-likeness (QED) is 0.435. The molecule has 0 aliphatic heterocycles. The molecule has 0 N–H and O–H groups in total. The molecule has 4 rings (SSSR count). The van der Waals surface area contributed by atoms with Crippen molar-refractivity contribution in [2.24, 2.45) is 0 Å². The molecule has 1 amide bonds. The maximum Gasteiger partial charge on any atom is 0.350 e. The van der Waals surface area contributed by atoms with Crippen LogP contribution >= 0.6 is 0 Å². The number of carbonyl (C=O) groups excluding carboxylic acids is 1. The van der Waals surface area contributed by atoms with Crippen molar-refractivity contribution >= 4 is 11.6 Å². The Kier molecular flexibility index (Phi) is 5.92. The second kappa shape index (κ2) is 8.95. The van der Waals surface area contributed by atoms with Crippen LogP contribution in [0.3, 0.4) is 0 Å². The Labute approximate surface area is 178 Å². The molecule has 9 heteroatoms. The Bertz CT molecular complexity index is 1240. The Morgan fingerprint density at radius 1 is 1.06 bits per heavy atom. The molecular weight excluding hydrogens is 396 g/mol. The smallest absolute Gasteiger partial charge is 0.341 e. The van der Waals surface area contributed by atoms with Crippen LogP contribution in [-0.4, -0.2) is 48.2 Å². The lowest BCUT2D eigenvalue weighted by molar-refractivity contribution is -0.132. The van der Waals surface area contributed by atoms with E-state index >= 15 is 0 Å². The third kappa shape index (κ3) is 4.11. The molecule has 4 aromatic rings. The summed E-state index contributed by atoms with van der Waals surface area (Å²) in [5, 5.41) is 8.45. The zero-order valence-electron chi connectivity index (χ0n) is 17.6. The van der Waals surface area contributed by atoms with Crippen LogP contribution in [0.1, 0.15) is 26.7 Å². The number of pyridine rings is 1. The zero-order chi connectivity index (χ0) is 21.8. The van der Waals surface area contributed by atoms with Crippen LogP contribution < -0.4 is 5.69 Å². The third-order valence-corrected chi connectivity index (χ3v) is 4.92. The summed E-state index contributed by atoms with van der Waals surface area (Å²) in [4.78, 5) is 31.8. The van der Waals surface area contributed by atoms with E-state index in [1.54, 1.807) is 23.2 Å². The van der Waals surface area contributed by atoms with Crippen LogP contribution in [0, 0.1) is 0 Å². The molecule has 0 aliphatic carbocycles. The fourth-order valence-corrected chi connectivity index (χ4v) is 3.47. The van der Waals surface area contributed by atoms with E-state index in [0.717, 1.165) is 18.4 Å². The van der Waals surface area contributed by atoms with Gasteiger partial charge in [0.15, 0.2) is 5.65 Å². The van der Waals surface area contributed by atoms with Crippen molar-refractivity contribution in [2.75, 3.05) is 13.1 Å². The Morgan fingerprint density at radius 3 is 2.52 bits per heavy atom. The lowest BCUT2D eigenvalue weighted by atomic mass is 10.2. The molecule has 0 spiro atoms. The standard InChI is InChI=1S/C22H24N6O3/c1-3-12-26(13-4-2)18(29)15-28-22(30)27-14-8-11-17(20(27)24-28)21-23-19(25-31-21)16-9-6-5-7-10-16/h5-11,14H,3-4,12-13,15H2,1-2H3. The largest absolute Gasteiger partial charge is 0.350 e. The number of benzene rings is 1. The van der Waals surface area contributed by atoms with Gasteiger partial charge in [0.1, 0.15) is 6.54 Å². The first-order chi connectivity index (χ1) is 15.1. The average Bonchev–Trinajstić information content (AvgIpc) is 3.40. The van der Waals surface area contributed by atoms with Crippen molar-refractivity contribution < 1.29 is 9.32 Å². The van der Waals surface area contributed by atoms with Gasteiger partial charge in [-0.25, -0.2) is 13.9 Å². The molecule has 0 saturated heterocycles. The van der Waals surface area contributed by atoms with Gasteiger partial charge in [0, 0.05) is 24.8 Å². The molecule has 0 fully saturated rings. The van der Waals surface area contributed by atoms with Crippen molar-refractivity contribution in [3.63, 3.8) is 0 Å². The highest BCUT2D eigenvalue weighted by Crippen LogP contribution is 2.24. The van der Waals surface area contributed by atoms with Crippen molar-refractivity contribution in [2.45, 2.75) is 33.2 Å². The van der Waals surface area contributed by atoms with Gasteiger partial charge < -0.3 is 9.42 Å². The number of fused-ring (bicyclic) bond motifs is 1. The van der Waals surface area contributed by atoms with Crippen molar-refractivity contribution in [1.29, 1.82) is 0 Å². The summed E-state index contributed by atoms with van der Waals surface area (Å²) in [6.45, 7) is 5.24. The van der Waals surface area contributed by atoms with E-state index in [2.05, 4.69) is 15.2 Å². The third-order valence-electron chi connectivity index (χ3n) is 4.92. The zero-order valence-corrected chi connectivity index (χ0v) is 17.6. The van der Waals surface area contributed by atoms with Crippen LogP contribution in [0.4, 0.5) is 0 Å². The van der Waals surface area contributed by atoms with Crippen molar-refractivity contribution in [3.05, 3.63) is 59.1 Å². The predicted octanol–water partition coefficient (Wildman–Crippen LogP) is 2.86. The van der Waals surface area contributed by atoms with E-state index in [1.165, 1.54) is 9.08 Å². The SMILES string of the molecule is CCCN(CCC)C(=O)Cn1nc2c(-c3nc(-c4ccccc4)no3)cccn2c1=O. The van der Waals surface area contributed by atoms with E-state index in [-0.39, 0.29) is 24.0 Å². The number of aromatic nitrogens is 5. The number of nitrogens with zero attached hydrogens (tertiary/aromatic N) is 6. The maximum atomic E-state index is 12.8. The summed E-state index contributed by atoms with van der Waals surface area (Å²) in [6, 6.07) is 12.9. The fraction of sp³-hybridized carbons (Fsp3) is 0.318.